The van der Waals surface area contributed by atoms with Gasteiger partial charge in [-0.25, -0.2) is 0 Å². The predicted octanol–water partition coefficient (Wildman–Crippen LogP) is 1.77. The molecular weight excluding hydrogens is 110 g/mol. The Morgan fingerprint density at radius 2 is 1.89 bits per heavy atom. The zero-order chi connectivity index (χ0) is 6.85. The van der Waals surface area contributed by atoms with Crippen molar-refractivity contribution >= 4 is 0 Å². The van der Waals surface area contributed by atoms with Gasteiger partial charge in [0.05, 0.1) is 0 Å². The summed E-state index contributed by atoms with van der Waals surface area (Å²) in [7, 11) is 0. The van der Waals surface area contributed by atoms with Gasteiger partial charge in [0, 0.05) is 6.04 Å². The minimum atomic E-state index is 0.480. The van der Waals surface area contributed by atoms with Gasteiger partial charge in [-0.1, -0.05) is 20.3 Å². The first-order chi connectivity index (χ1) is 4.20. The maximum Gasteiger partial charge on any atom is 0.00670 e. The van der Waals surface area contributed by atoms with Gasteiger partial charge in [-0.05, 0) is 24.7 Å². The average molecular weight is 127 g/mol. The maximum absolute atomic E-state index is 5.87. The second-order valence-electron chi connectivity index (χ2n) is 3.56. The molecule has 0 heterocycles. The fourth-order valence-corrected chi connectivity index (χ4v) is 1.58. The molecule has 1 rings (SSSR count). The first-order valence-corrected chi connectivity index (χ1v) is 3.95. The molecule has 1 saturated carbocycles. The third-order valence-corrected chi connectivity index (χ3v) is 2.52. The summed E-state index contributed by atoms with van der Waals surface area (Å²) in [5.74, 6) is 1.64. The molecule has 2 unspecified atom stereocenters. The summed E-state index contributed by atoms with van der Waals surface area (Å²) in [6.07, 6.45) is 3.96. The summed E-state index contributed by atoms with van der Waals surface area (Å²) < 4.78 is 0. The Hall–Kier alpha value is -0.0400. The summed E-state index contributed by atoms with van der Waals surface area (Å²) >= 11 is 0. The van der Waals surface area contributed by atoms with E-state index < -0.39 is 0 Å². The Balaban J connectivity index is 2.35. The van der Waals surface area contributed by atoms with Crippen LogP contribution in [-0.2, 0) is 0 Å². The maximum atomic E-state index is 5.87. The van der Waals surface area contributed by atoms with Crippen molar-refractivity contribution in [3.63, 3.8) is 0 Å². The van der Waals surface area contributed by atoms with E-state index in [4.69, 9.17) is 5.73 Å². The number of hydrogen-bond donors (Lipinski definition) is 1. The van der Waals surface area contributed by atoms with Crippen LogP contribution in [0.15, 0.2) is 0 Å². The van der Waals surface area contributed by atoms with E-state index in [-0.39, 0.29) is 0 Å². The van der Waals surface area contributed by atoms with Gasteiger partial charge < -0.3 is 5.73 Å². The molecule has 54 valence electrons. The molecule has 3 atom stereocenters. The van der Waals surface area contributed by atoms with Crippen LogP contribution < -0.4 is 5.73 Å². The molecule has 1 heteroatoms. The smallest absolute Gasteiger partial charge is 0.00670 e. The SMILES string of the molecule is CC1CC[C@@H](C)CC1N. The molecule has 1 aliphatic carbocycles. The monoisotopic (exact) mass is 127 g/mol. The van der Waals surface area contributed by atoms with Gasteiger partial charge in [0.1, 0.15) is 0 Å². The second kappa shape index (κ2) is 2.70. The Kier molecular flexibility index (Phi) is 2.12. The molecule has 0 aromatic carbocycles. The third kappa shape index (κ3) is 1.68. The van der Waals surface area contributed by atoms with Crippen LogP contribution in [0, 0.1) is 11.8 Å². The van der Waals surface area contributed by atoms with E-state index in [1.165, 1.54) is 19.3 Å². The fourth-order valence-electron chi connectivity index (χ4n) is 1.58. The molecular formula is C8H17N. The van der Waals surface area contributed by atoms with Crippen molar-refractivity contribution in [3.8, 4) is 0 Å². The highest BCUT2D eigenvalue weighted by Crippen LogP contribution is 2.26. The molecule has 0 aromatic heterocycles. The van der Waals surface area contributed by atoms with Crippen LogP contribution in [0.5, 0.6) is 0 Å². The van der Waals surface area contributed by atoms with Gasteiger partial charge in [0.2, 0.25) is 0 Å². The van der Waals surface area contributed by atoms with E-state index in [0.717, 1.165) is 11.8 Å². The lowest BCUT2D eigenvalue weighted by atomic mass is 9.81. The second-order valence-corrected chi connectivity index (χ2v) is 3.56. The van der Waals surface area contributed by atoms with E-state index >= 15 is 0 Å². The highest BCUT2D eigenvalue weighted by atomic mass is 14.7. The Labute approximate surface area is 57.6 Å². The molecule has 0 radical (unpaired) electrons. The van der Waals surface area contributed by atoms with Crippen LogP contribution >= 0.6 is 0 Å². The Bertz CT molecular complexity index is 90.6. The van der Waals surface area contributed by atoms with Crippen LogP contribution in [-0.4, -0.2) is 6.04 Å². The van der Waals surface area contributed by atoms with Gasteiger partial charge in [0.15, 0.2) is 0 Å². The molecule has 0 spiro atoms. The van der Waals surface area contributed by atoms with Crippen LogP contribution in [0.1, 0.15) is 33.1 Å². The summed E-state index contributed by atoms with van der Waals surface area (Å²) in [5.41, 5.74) is 5.87. The van der Waals surface area contributed by atoms with Gasteiger partial charge in [0.25, 0.3) is 0 Å². The van der Waals surface area contributed by atoms with E-state index in [1.807, 2.05) is 0 Å². The minimum absolute atomic E-state index is 0.480. The lowest BCUT2D eigenvalue weighted by Gasteiger charge is -2.29. The van der Waals surface area contributed by atoms with E-state index in [9.17, 15) is 0 Å². The Morgan fingerprint density at radius 1 is 1.22 bits per heavy atom. The van der Waals surface area contributed by atoms with Crippen molar-refractivity contribution in [3.05, 3.63) is 0 Å². The summed E-state index contributed by atoms with van der Waals surface area (Å²) in [6.45, 7) is 4.56. The minimum Gasteiger partial charge on any atom is -0.327 e. The molecule has 0 amide bonds. The third-order valence-electron chi connectivity index (χ3n) is 2.52. The van der Waals surface area contributed by atoms with Crippen LogP contribution in [0.4, 0.5) is 0 Å². The lowest BCUT2D eigenvalue weighted by molar-refractivity contribution is 0.266. The quantitative estimate of drug-likeness (QED) is 0.527. The van der Waals surface area contributed by atoms with Gasteiger partial charge >= 0.3 is 0 Å². The van der Waals surface area contributed by atoms with Crippen LogP contribution in [0.25, 0.3) is 0 Å². The van der Waals surface area contributed by atoms with Crippen molar-refractivity contribution in [2.24, 2.45) is 17.6 Å². The van der Waals surface area contributed by atoms with Crippen LogP contribution in [0.2, 0.25) is 0 Å². The molecule has 0 saturated heterocycles. The fraction of sp³-hybridized carbons (Fsp3) is 1.00. The predicted molar refractivity (Wildman–Crippen MR) is 40.2 cm³/mol. The standard InChI is InChI=1S/C8H17N/c1-6-3-4-7(2)8(9)5-6/h6-8H,3-5,9H2,1-2H3/t6-,7?,8?/m1/s1. The van der Waals surface area contributed by atoms with E-state index in [1.54, 1.807) is 0 Å². The number of hydrogen-bond acceptors (Lipinski definition) is 1. The Morgan fingerprint density at radius 3 is 2.33 bits per heavy atom. The molecule has 9 heavy (non-hydrogen) atoms. The molecule has 0 bridgehead atoms. The van der Waals surface area contributed by atoms with Crippen molar-refractivity contribution in [2.75, 3.05) is 0 Å². The molecule has 1 fully saturated rings. The zero-order valence-corrected chi connectivity index (χ0v) is 6.43. The molecule has 0 aromatic rings. The first kappa shape index (κ1) is 7.07. The van der Waals surface area contributed by atoms with E-state index in [0.29, 0.717) is 6.04 Å². The number of nitrogens with two attached hydrogens (primary N) is 1. The molecule has 0 aliphatic heterocycles. The summed E-state index contributed by atoms with van der Waals surface area (Å²) in [6, 6.07) is 0.480. The van der Waals surface area contributed by atoms with Gasteiger partial charge in [-0.2, -0.15) is 0 Å². The highest BCUT2D eigenvalue weighted by Gasteiger charge is 2.21. The van der Waals surface area contributed by atoms with Gasteiger partial charge in [-0.3, -0.25) is 0 Å². The summed E-state index contributed by atoms with van der Waals surface area (Å²) in [4.78, 5) is 0. The molecule has 1 aliphatic rings. The molecule has 2 N–H and O–H groups in total. The summed E-state index contributed by atoms with van der Waals surface area (Å²) in [5, 5.41) is 0. The average Bonchev–Trinajstić information content (AvgIpc) is 1.80. The van der Waals surface area contributed by atoms with Crippen LogP contribution in [0.3, 0.4) is 0 Å². The largest absolute Gasteiger partial charge is 0.327 e. The van der Waals surface area contributed by atoms with E-state index in [2.05, 4.69) is 13.8 Å². The molecule has 1 nitrogen and oxygen atoms in total. The van der Waals surface area contributed by atoms with Crippen molar-refractivity contribution < 1.29 is 0 Å². The normalized spacial score (nSPS) is 45.0. The van der Waals surface area contributed by atoms with Crippen molar-refractivity contribution in [1.82, 2.24) is 0 Å². The van der Waals surface area contributed by atoms with Crippen molar-refractivity contribution in [2.45, 2.75) is 39.2 Å². The van der Waals surface area contributed by atoms with Crippen molar-refractivity contribution in [1.29, 1.82) is 0 Å². The number of rotatable bonds is 0. The topological polar surface area (TPSA) is 26.0 Å². The van der Waals surface area contributed by atoms with Gasteiger partial charge in [-0.15, -0.1) is 0 Å². The lowest BCUT2D eigenvalue weighted by Crippen LogP contribution is -2.34. The first-order valence-electron chi connectivity index (χ1n) is 3.95. The zero-order valence-electron chi connectivity index (χ0n) is 6.43. The highest BCUT2D eigenvalue weighted by molar-refractivity contribution is 4.77.